The number of nitrogens with one attached hydrogen (secondary N) is 1. The molecule has 3 rings (SSSR count). The fraction of sp³-hybridized carbons (Fsp3) is 0.294. The highest BCUT2D eigenvalue weighted by Crippen LogP contribution is 2.34. The van der Waals surface area contributed by atoms with Crippen molar-refractivity contribution in [3.05, 3.63) is 65.5 Å². The molecule has 0 fully saturated rings. The van der Waals surface area contributed by atoms with Gasteiger partial charge in [0, 0.05) is 6.20 Å². The Morgan fingerprint density at radius 3 is 2.86 bits per heavy atom. The van der Waals surface area contributed by atoms with E-state index >= 15 is 0 Å². The first-order valence-electron chi connectivity index (χ1n) is 7.19. The third kappa shape index (κ3) is 2.81. The van der Waals surface area contributed by atoms with Gasteiger partial charge >= 0.3 is 0 Å². The molecule has 0 saturated heterocycles. The summed E-state index contributed by atoms with van der Waals surface area (Å²) in [7, 11) is 0. The summed E-state index contributed by atoms with van der Waals surface area (Å²) >= 11 is 0. The quantitative estimate of drug-likeness (QED) is 0.905. The first-order chi connectivity index (χ1) is 10.2. The number of hydrogen-bond acceptors (Lipinski definition) is 3. The van der Waals surface area contributed by atoms with Crippen LogP contribution in [0.15, 0.2) is 48.7 Å². The van der Waals surface area contributed by atoms with E-state index in [9.17, 15) is 9.90 Å². The minimum absolute atomic E-state index is 0.208. The van der Waals surface area contributed by atoms with E-state index in [-0.39, 0.29) is 12.5 Å². The summed E-state index contributed by atoms with van der Waals surface area (Å²) in [5, 5.41) is 13.7. The molecule has 0 spiro atoms. The van der Waals surface area contributed by atoms with E-state index in [4.69, 9.17) is 0 Å². The van der Waals surface area contributed by atoms with Crippen molar-refractivity contribution in [2.45, 2.75) is 24.9 Å². The Morgan fingerprint density at radius 2 is 2.05 bits per heavy atom. The van der Waals surface area contributed by atoms with Crippen LogP contribution in [0, 0.1) is 0 Å². The highest BCUT2D eigenvalue weighted by atomic mass is 16.3. The molecule has 4 nitrogen and oxygen atoms in total. The van der Waals surface area contributed by atoms with Crippen LogP contribution in [0.4, 0.5) is 0 Å². The molecule has 4 heteroatoms. The Kier molecular flexibility index (Phi) is 3.71. The van der Waals surface area contributed by atoms with Crippen LogP contribution in [0.1, 0.15) is 34.5 Å². The second-order valence-corrected chi connectivity index (χ2v) is 5.44. The molecule has 0 saturated carbocycles. The number of aliphatic hydroxyl groups is 1. The summed E-state index contributed by atoms with van der Waals surface area (Å²) in [5.41, 5.74) is 1.47. The summed E-state index contributed by atoms with van der Waals surface area (Å²) in [6.45, 7) is 0.208. The summed E-state index contributed by atoms with van der Waals surface area (Å²) in [5.74, 6) is -0.257. The Balaban J connectivity index is 1.75. The fourth-order valence-electron chi connectivity index (χ4n) is 2.90. The largest absolute Gasteiger partial charge is 0.383 e. The number of aromatic nitrogens is 1. The third-order valence-corrected chi connectivity index (χ3v) is 3.99. The van der Waals surface area contributed by atoms with Crippen LogP contribution in [-0.2, 0) is 12.0 Å². The second-order valence-electron chi connectivity index (χ2n) is 5.44. The second kappa shape index (κ2) is 5.66. The predicted molar refractivity (Wildman–Crippen MR) is 79.8 cm³/mol. The zero-order valence-electron chi connectivity index (χ0n) is 11.7. The maximum Gasteiger partial charge on any atom is 0.269 e. The first kappa shape index (κ1) is 13.8. The zero-order valence-corrected chi connectivity index (χ0v) is 11.7. The topological polar surface area (TPSA) is 62.2 Å². The van der Waals surface area contributed by atoms with Crippen molar-refractivity contribution in [3.63, 3.8) is 0 Å². The van der Waals surface area contributed by atoms with Gasteiger partial charge in [-0.3, -0.25) is 9.78 Å². The van der Waals surface area contributed by atoms with Crippen LogP contribution in [0.25, 0.3) is 0 Å². The molecule has 2 aromatic rings. The van der Waals surface area contributed by atoms with Gasteiger partial charge in [0.2, 0.25) is 0 Å². The molecule has 1 aliphatic carbocycles. The SMILES string of the molecule is O=C(NC[C@]1(O)CCCc2ccccc21)c1ccccn1. The van der Waals surface area contributed by atoms with Crippen LogP contribution >= 0.6 is 0 Å². The highest BCUT2D eigenvalue weighted by molar-refractivity contribution is 5.92. The average Bonchev–Trinajstić information content (AvgIpc) is 2.54. The molecule has 0 aliphatic heterocycles. The van der Waals surface area contributed by atoms with Gasteiger partial charge in [-0.05, 0) is 42.5 Å². The number of amides is 1. The molecular weight excluding hydrogens is 264 g/mol. The number of carbonyl (C=O) groups excluding carboxylic acids is 1. The summed E-state index contributed by atoms with van der Waals surface area (Å²) in [6, 6.07) is 13.1. The Bertz CT molecular complexity index is 642. The number of pyridine rings is 1. The van der Waals surface area contributed by atoms with Crippen molar-refractivity contribution in [2.75, 3.05) is 6.54 Å². The van der Waals surface area contributed by atoms with Gasteiger partial charge in [-0.25, -0.2) is 0 Å². The van der Waals surface area contributed by atoms with Crippen molar-refractivity contribution in [2.24, 2.45) is 0 Å². The van der Waals surface area contributed by atoms with E-state index in [1.807, 2.05) is 24.3 Å². The molecule has 0 radical (unpaired) electrons. The van der Waals surface area contributed by atoms with Gasteiger partial charge < -0.3 is 10.4 Å². The molecule has 0 unspecified atom stereocenters. The van der Waals surface area contributed by atoms with Crippen LogP contribution in [-0.4, -0.2) is 22.5 Å². The molecule has 108 valence electrons. The van der Waals surface area contributed by atoms with Gasteiger partial charge in [0.1, 0.15) is 11.3 Å². The number of rotatable bonds is 3. The Morgan fingerprint density at radius 1 is 1.24 bits per heavy atom. The number of benzene rings is 1. The number of carbonyl (C=O) groups is 1. The van der Waals surface area contributed by atoms with Gasteiger partial charge in [0.05, 0.1) is 6.54 Å². The molecule has 0 bridgehead atoms. The smallest absolute Gasteiger partial charge is 0.269 e. The average molecular weight is 282 g/mol. The van der Waals surface area contributed by atoms with Crippen LogP contribution in [0.3, 0.4) is 0 Å². The molecule has 1 aromatic carbocycles. The van der Waals surface area contributed by atoms with Gasteiger partial charge in [-0.1, -0.05) is 30.3 Å². The molecule has 1 heterocycles. The summed E-state index contributed by atoms with van der Waals surface area (Å²) in [4.78, 5) is 16.1. The standard InChI is InChI=1S/C17H18N2O2/c20-16(15-9-3-4-11-18-15)19-12-17(21)10-5-7-13-6-1-2-8-14(13)17/h1-4,6,8-9,11,21H,5,7,10,12H2,(H,19,20)/t17-/m1/s1. The van der Waals surface area contributed by atoms with E-state index in [2.05, 4.69) is 10.3 Å². The minimum Gasteiger partial charge on any atom is -0.383 e. The molecule has 1 atom stereocenters. The molecule has 2 N–H and O–H groups in total. The fourth-order valence-corrected chi connectivity index (χ4v) is 2.90. The van der Waals surface area contributed by atoms with Crippen LogP contribution < -0.4 is 5.32 Å². The number of nitrogens with zero attached hydrogens (tertiary/aromatic N) is 1. The number of hydrogen-bond donors (Lipinski definition) is 2. The normalized spacial score (nSPS) is 20.6. The van der Waals surface area contributed by atoms with Gasteiger partial charge in [-0.15, -0.1) is 0 Å². The lowest BCUT2D eigenvalue weighted by molar-refractivity contribution is 0.0189. The lowest BCUT2D eigenvalue weighted by Gasteiger charge is -2.34. The van der Waals surface area contributed by atoms with E-state index in [1.54, 1.807) is 24.4 Å². The predicted octanol–water partition coefficient (Wildman–Crippen LogP) is 2.04. The maximum absolute atomic E-state index is 12.1. The highest BCUT2D eigenvalue weighted by Gasteiger charge is 2.34. The molecular formula is C17H18N2O2. The number of fused-ring (bicyclic) bond motifs is 1. The zero-order chi connectivity index (χ0) is 14.7. The van der Waals surface area contributed by atoms with Crippen LogP contribution in [0.2, 0.25) is 0 Å². The molecule has 1 aromatic heterocycles. The molecule has 1 amide bonds. The van der Waals surface area contributed by atoms with Crippen molar-refractivity contribution in [1.82, 2.24) is 10.3 Å². The lowest BCUT2D eigenvalue weighted by Crippen LogP contribution is -2.43. The summed E-state index contributed by atoms with van der Waals surface area (Å²) in [6.07, 6.45) is 4.14. The van der Waals surface area contributed by atoms with Crippen molar-refractivity contribution >= 4 is 5.91 Å². The lowest BCUT2D eigenvalue weighted by atomic mass is 9.79. The Hall–Kier alpha value is -2.20. The minimum atomic E-state index is -0.987. The van der Waals surface area contributed by atoms with E-state index < -0.39 is 5.60 Å². The van der Waals surface area contributed by atoms with E-state index in [0.29, 0.717) is 12.1 Å². The summed E-state index contributed by atoms with van der Waals surface area (Å²) < 4.78 is 0. The maximum atomic E-state index is 12.1. The van der Waals surface area contributed by atoms with Crippen molar-refractivity contribution < 1.29 is 9.90 Å². The van der Waals surface area contributed by atoms with Crippen molar-refractivity contribution in [3.8, 4) is 0 Å². The first-order valence-corrected chi connectivity index (χ1v) is 7.19. The van der Waals surface area contributed by atoms with Gasteiger partial charge in [0.25, 0.3) is 5.91 Å². The van der Waals surface area contributed by atoms with Gasteiger partial charge in [0.15, 0.2) is 0 Å². The monoisotopic (exact) mass is 282 g/mol. The molecule has 1 aliphatic rings. The van der Waals surface area contributed by atoms with E-state index in [0.717, 1.165) is 18.4 Å². The van der Waals surface area contributed by atoms with E-state index in [1.165, 1.54) is 5.56 Å². The molecule has 21 heavy (non-hydrogen) atoms. The Labute approximate surface area is 123 Å². The number of aryl methyl sites for hydroxylation is 1. The van der Waals surface area contributed by atoms with Gasteiger partial charge in [-0.2, -0.15) is 0 Å². The van der Waals surface area contributed by atoms with Crippen LogP contribution in [0.5, 0.6) is 0 Å². The van der Waals surface area contributed by atoms with Crippen molar-refractivity contribution in [1.29, 1.82) is 0 Å². The third-order valence-electron chi connectivity index (χ3n) is 3.99.